The van der Waals surface area contributed by atoms with Crippen LogP contribution in [-0.2, 0) is 0 Å². The molecule has 0 unspecified atom stereocenters. The minimum absolute atomic E-state index is 0.0856. The summed E-state index contributed by atoms with van der Waals surface area (Å²) in [6.07, 6.45) is 1.44. The normalized spacial score (nSPS) is 10.9. The number of hydrogen-bond acceptors (Lipinski definition) is 4. The number of likely N-dealkylation sites (N-methyl/N-ethyl adjacent to an activating group) is 1. The summed E-state index contributed by atoms with van der Waals surface area (Å²) in [5.41, 5.74) is -0.0856. The number of aromatic nitrogens is 2. The van der Waals surface area contributed by atoms with Crippen LogP contribution in [-0.4, -0.2) is 36.6 Å². The first-order chi connectivity index (χ1) is 8.02. The van der Waals surface area contributed by atoms with Gasteiger partial charge in [0.05, 0.1) is 6.33 Å². The third kappa shape index (κ3) is 4.63. The van der Waals surface area contributed by atoms with Crippen molar-refractivity contribution in [3.8, 4) is 0 Å². The van der Waals surface area contributed by atoms with E-state index < -0.39 is 0 Å². The van der Waals surface area contributed by atoms with Crippen LogP contribution in [0.5, 0.6) is 0 Å². The van der Waals surface area contributed by atoms with Crippen molar-refractivity contribution in [3.63, 3.8) is 0 Å². The maximum Gasteiger partial charge on any atom is 0.266 e. The molecule has 0 radical (unpaired) electrons. The summed E-state index contributed by atoms with van der Waals surface area (Å²) < 4.78 is 0.636. The van der Waals surface area contributed by atoms with E-state index in [4.69, 9.17) is 0 Å². The number of nitrogens with zero attached hydrogens (tertiary/aromatic N) is 2. The highest BCUT2D eigenvalue weighted by molar-refractivity contribution is 14.1. The molecule has 0 aromatic carbocycles. The number of anilines is 1. The average Bonchev–Trinajstić information content (AvgIpc) is 2.27. The van der Waals surface area contributed by atoms with Crippen molar-refractivity contribution in [2.24, 2.45) is 5.92 Å². The van der Waals surface area contributed by atoms with Gasteiger partial charge in [0, 0.05) is 20.1 Å². The molecule has 1 aromatic rings. The molecule has 0 spiro atoms. The van der Waals surface area contributed by atoms with Gasteiger partial charge in [-0.05, 0) is 35.1 Å². The third-order valence-corrected chi connectivity index (χ3v) is 3.29. The summed E-state index contributed by atoms with van der Waals surface area (Å²) in [6.45, 7) is 7.09. The molecular formula is C11H19IN4O. The van der Waals surface area contributed by atoms with E-state index in [1.54, 1.807) is 0 Å². The molecule has 0 bridgehead atoms. The lowest BCUT2D eigenvalue weighted by atomic mass is 10.2. The van der Waals surface area contributed by atoms with Gasteiger partial charge in [0.1, 0.15) is 9.39 Å². The zero-order valence-electron chi connectivity index (χ0n) is 10.5. The van der Waals surface area contributed by atoms with Gasteiger partial charge in [-0.25, -0.2) is 4.98 Å². The second-order valence-corrected chi connectivity index (χ2v) is 5.47. The fourth-order valence-corrected chi connectivity index (χ4v) is 2.09. The Morgan fingerprint density at radius 1 is 1.59 bits per heavy atom. The summed E-state index contributed by atoms with van der Waals surface area (Å²) in [6, 6.07) is 0. The molecule has 0 saturated carbocycles. The van der Waals surface area contributed by atoms with Gasteiger partial charge in [-0.1, -0.05) is 13.8 Å². The van der Waals surface area contributed by atoms with Gasteiger partial charge in [0.15, 0.2) is 0 Å². The Kier molecular flexibility index (Phi) is 5.90. The lowest BCUT2D eigenvalue weighted by Gasteiger charge is -2.19. The Labute approximate surface area is 115 Å². The number of aromatic amines is 1. The minimum atomic E-state index is -0.0856. The van der Waals surface area contributed by atoms with Gasteiger partial charge in [-0.2, -0.15) is 0 Å². The monoisotopic (exact) mass is 350 g/mol. The molecule has 0 fully saturated rings. The van der Waals surface area contributed by atoms with Crippen LogP contribution < -0.4 is 15.8 Å². The lowest BCUT2D eigenvalue weighted by Crippen LogP contribution is -2.33. The Balaban J connectivity index is 2.50. The molecule has 0 atom stereocenters. The largest absolute Gasteiger partial charge is 0.357 e. The molecule has 0 amide bonds. The molecule has 1 aromatic heterocycles. The summed E-state index contributed by atoms with van der Waals surface area (Å²) in [5.74, 6) is 1.39. The van der Waals surface area contributed by atoms with Crippen LogP contribution in [0.15, 0.2) is 11.1 Å². The van der Waals surface area contributed by atoms with Crippen molar-refractivity contribution in [1.82, 2.24) is 15.3 Å². The summed E-state index contributed by atoms with van der Waals surface area (Å²) in [7, 11) is 1.95. The summed E-state index contributed by atoms with van der Waals surface area (Å²) >= 11 is 2.02. The van der Waals surface area contributed by atoms with Crippen molar-refractivity contribution >= 4 is 28.4 Å². The Morgan fingerprint density at radius 3 is 2.94 bits per heavy atom. The van der Waals surface area contributed by atoms with Crippen LogP contribution in [0.3, 0.4) is 0 Å². The topological polar surface area (TPSA) is 61.0 Å². The molecule has 17 heavy (non-hydrogen) atoms. The third-order valence-electron chi connectivity index (χ3n) is 2.32. The molecule has 5 nitrogen and oxygen atoms in total. The first kappa shape index (κ1) is 14.4. The molecule has 0 aliphatic rings. The van der Waals surface area contributed by atoms with Crippen LogP contribution >= 0.6 is 22.6 Å². The van der Waals surface area contributed by atoms with Crippen LogP contribution in [0.4, 0.5) is 5.82 Å². The zero-order chi connectivity index (χ0) is 12.8. The SMILES string of the molecule is CC(C)CNCCN(C)c1nc[nH]c(=O)c1I. The van der Waals surface area contributed by atoms with Crippen LogP contribution in [0.25, 0.3) is 0 Å². The van der Waals surface area contributed by atoms with Gasteiger partial charge in [0.25, 0.3) is 5.56 Å². The van der Waals surface area contributed by atoms with E-state index in [9.17, 15) is 4.79 Å². The Bertz CT molecular complexity index is 405. The van der Waals surface area contributed by atoms with Gasteiger partial charge in [-0.15, -0.1) is 0 Å². The van der Waals surface area contributed by atoms with Crippen molar-refractivity contribution in [2.45, 2.75) is 13.8 Å². The molecule has 2 N–H and O–H groups in total. The summed E-state index contributed by atoms with van der Waals surface area (Å²) in [4.78, 5) is 20.2. The standard InChI is InChI=1S/C11H19IN4O/c1-8(2)6-13-4-5-16(3)10-9(12)11(17)15-7-14-10/h7-8,13H,4-6H2,1-3H3,(H,14,15,17). The zero-order valence-corrected chi connectivity index (χ0v) is 12.6. The van der Waals surface area contributed by atoms with Crippen molar-refractivity contribution in [3.05, 3.63) is 20.3 Å². The van der Waals surface area contributed by atoms with Crippen LogP contribution in [0, 0.1) is 9.49 Å². The molecular weight excluding hydrogens is 331 g/mol. The predicted octanol–water partition coefficient (Wildman–Crippen LogP) is 1.06. The highest BCUT2D eigenvalue weighted by atomic mass is 127. The first-order valence-electron chi connectivity index (χ1n) is 5.67. The highest BCUT2D eigenvalue weighted by Crippen LogP contribution is 2.12. The van der Waals surface area contributed by atoms with E-state index in [1.165, 1.54) is 6.33 Å². The van der Waals surface area contributed by atoms with E-state index in [0.29, 0.717) is 9.49 Å². The molecule has 1 heterocycles. The van der Waals surface area contributed by atoms with E-state index >= 15 is 0 Å². The minimum Gasteiger partial charge on any atom is -0.357 e. The van der Waals surface area contributed by atoms with E-state index in [1.807, 2.05) is 34.5 Å². The number of nitrogens with one attached hydrogen (secondary N) is 2. The van der Waals surface area contributed by atoms with Gasteiger partial charge in [-0.3, -0.25) is 4.79 Å². The summed E-state index contributed by atoms with van der Waals surface area (Å²) in [5, 5.41) is 3.36. The van der Waals surface area contributed by atoms with Gasteiger partial charge in [0.2, 0.25) is 0 Å². The van der Waals surface area contributed by atoms with Gasteiger partial charge >= 0.3 is 0 Å². The molecule has 0 aliphatic heterocycles. The van der Waals surface area contributed by atoms with Crippen molar-refractivity contribution < 1.29 is 0 Å². The molecule has 6 heteroatoms. The number of H-pyrrole nitrogens is 1. The predicted molar refractivity (Wildman–Crippen MR) is 78.6 cm³/mol. The molecule has 0 aliphatic carbocycles. The lowest BCUT2D eigenvalue weighted by molar-refractivity contribution is 0.553. The average molecular weight is 350 g/mol. The van der Waals surface area contributed by atoms with Gasteiger partial charge < -0.3 is 15.2 Å². The first-order valence-corrected chi connectivity index (χ1v) is 6.75. The number of rotatable bonds is 6. The second kappa shape index (κ2) is 6.95. The quantitative estimate of drug-likeness (QED) is 0.595. The molecule has 0 saturated heterocycles. The Morgan fingerprint density at radius 2 is 2.29 bits per heavy atom. The molecule has 96 valence electrons. The smallest absolute Gasteiger partial charge is 0.266 e. The van der Waals surface area contributed by atoms with E-state index in [-0.39, 0.29) is 5.56 Å². The van der Waals surface area contributed by atoms with E-state index in [0.717, 1.165) is 25.5 Å². The van der Waals surface area contributed by atoms with Crippen molar-refractivity contribution in [2.75, 3.05) is 31.6 Å². The van der Waals surface area contributed by atoms with Crippen LogP contribution in [0.2, 0.25) is 0 Å². The maximum atomic E-state index is 11.4. The Hall–Kier alpha value is -0.630. The van der Waals surface area contributed by atoms with Crippen LogP contribution in [0.1, 0.15) is 13.8 Å². The second-order valence-electron chi connectivity index (χ2n) is 4.39. The van der Waals surface area contributed by atoms with Crippen molar-refractivity contribution in [1.29, 1.82) is 0 Å². The number of halogens is 1. The number of hydrogen-bond donors (Lipinski definition) is 2. The fraction of sp³-hybridized carbons (Fsp3) is 0.636. The van der Waals surface area contributed by atoms with E-state index in [2.05, 4.69) is 29.1 Å². The molecule has 1 rings (SSSR count). The highest BCUT2D eigenvalue weighted by Gasteiger charge is 2.09. The fourth-order valence-electron chi connectivity index (χ4n) is 1.38. The maximum absolute atomic E-state index is 11.4.